The second-order valence-corrected chi connectivity index (χ2v) is 33.7. The zero-order valence-electron chi connectivity index (χ0n) is 68.6. The fraction of sp³-hybridized carbons (Fsp3) is 0.340. The largest absolute Gasteiger partial charge is 0.402 e. The first kappa shape index (κ1) is 89.8. The fourth-order valence-corrected chi connectivity index (χ4v) is 12.9. The summed E-state index contributed by atoms with van der Waals surface area (Å²) in [6.45, 7) is 43.0. The standard InChI is InChI=1S/C24H20.C18H16O2.C17H20.C14H16.C10H14.C5H6F6.C2H6O2S.C2H6OS.C2H6O/c1-13-5-9-17-19-11-7-15(3)22-16(4)8-12-20(24(19)22)18-10-6-14(2)21(13)23(17)18;1-9-5-13-14(6-10(9)2)18(20)16-8-12(4)11(3)7-15(16)17(13)19;1-12-5-7-16(9-14(12)3)11-17-8-6-13(2)15(4)10-17;1-9-5-6-11(3)14-12(4)8-7-10(2)13(9)14;1-7-5-9(3)10(4)6-8(7)2;1-3(2,4(6,7)8)5(9,10)11;1-5(2,3)4;1-4(2)3;1-3-2/h5-12H,1-4H3;5-8H,1-4H3;5-10H,11H2,1-4H3;5-8H,1-4H3;5-6H,1-4H3;1-2H3;1-2H3;1-2H3;1-2H3. The molecule has 1 aliphatic carbocycles. The van der Waals surface area contributed by atoms with Crippen molar-refractivity contribution in [3.8, 4) is 0 Å². The zero-order valence-corrected chi connectivity index (χ0v) is 70.2. The van der Waals surface area contributed by atoms with E-state index in [1.54, 1.807) is 26.7 Å². The average Bonchev–Trinajstić information content (AvgIpc) is 0.710. The van der Waals surface area contributed by atoms with Crippen molar-refractivity contribution < 1.29 is 53.3 Å². The molecule has 0 aromatic heterocycles. The lowest BCUT2D eigenvalue weighted by atomic mass is 9.81. The molecule has 1 aliphatic rings. The van der Waals surface area contributed by atoms with Gasteiger partial charge in [0.1, 0.15) is 9.84 Å². The normalized spacial score (nSPS) is 11.7. The van der Waals surface area contributed by atoms with Crippen LogP contribution in [0.25, 0.3) is 53.9 Å². The number of hydrogen-bond acceptors (Lipinski definition) is 6. The van der Waals surface area contributed by atoms with Crippen LogP contribution in [0.4, 0.5) is 26.3 Å². The number of carbonyl (C=O) groups is 2. The molecule has 108 heavy (non-hydrogen) atoms. The number of ether oxygens (including phenoxy) is 1. The molecule has 0 aliphatic heterocycles. The molecule has 0 amide bonds. The molecule has 0 fully saturated rings. The molecule has 6 nitrogen and oxygen atoms in total. The molecule has 0 heterocycles. The van der Waals surface area contributed by atoms with Crippen molar-refractivity contribution in [1.29, 1.82) is 0 Å². The van der Waals surface area contributed by atoms with E-state index in [0.29, 0.717) is 22.3 Å². The van der Waals surface area contributed by atoms with Gasteiger partial charge >= 0.3 is 12.4 Å². The monoisotopic (exact) mass is 1510 g/mol. The van der Waals surface area contributed by atoms with Crippen molar-refractivity contribution in [3.63, 3.8) is 0 Å². The van der Waals surface area contributed by atoms with E-state index in [-0.39, 0.29) is 25.4 Å². The molecule has 0 spiro atoms. The first-order valence-corrected chi connectivity index (χ1v) is 40.1. The molecule has 0 saturated heterocycles. The van der Waals surface area contributed by atoms with Crippen LogP contribution >= 0.6 is 0 Å². The van der Waals surface area contributed by atoms with Crippen molar-refractivity contribution in [2.75, 3.05) is 39.2 Å². The summed E-state index contributed by atoms with van der Waals surface area (Å²) in [7, 11) is -0.0278. The third kappa shape index (κ3) is 22.2. The number of ketones is 2. The number of rotatable bonds is 2. The van der Waals surface area contributed by atoms with Crippen molar-refractivity contribution in [2.45, 2.75) is 171 Å². The number of methoxy groups -OCH3 is 1. The number of aryl methyl sites for hydroxylation is 20. The summed E-state index contributed by atoms with van der Waals surface area (Å²) in [6.07, 6.45) is -3.86. The lowest BCUT2D eigenvalue weighted by Crippen LogP contribution is -2.44. The molecule has 576 valence electrons. The highest BCUT2D eigenvalue weighted by Gasteiger charge is 2.64. The highest BCUT2D eigenvalue weighted by molar-refractivity contribution is 7.89. The van der Waals surface area contributed by atoms with Gasteiger partial charge in [-0.3, -0.25) is 13.8 Å². The molecular weight excluding hydrogens is 1400 g/mol. The van der Waals surface area contributed by atoms with Crippen molar-refractivity contribution in [3.05, 3.63) is 290 Å². The van der Waals surface area contributed by atoms with Gasteiger partial charge in [0.15, 0.2) is 17.0 Å². The van der Waals surface area contributed by atoms with Gasteiger partial charge < -0.3 is 4.74 Å². The molecule has 12 aromatic carbocycles. The molecule has 13 rings (SSSR count). The van der Waals surface area contributed by atoms with Gasteiger partial charge in [0.25, 0.3) is 0 Å². The first-order chi connectivity index (χ1) is 49.9. The molecule has 0 bridgehead atoms. The SMILES string of the molecule is CC(C)(C(F)(F)F)C(F)(F)F.COC.CS(C)(=O)=O.CS(C)=O.Cc1cc(C)c(C)cc1C.Cc1cc2c(cc1C)C(=O)c1cc(C)c(C)cc1C2=O.Cc1ccc(C)c2c(C)ccc(C)c12.Cc1ccc(Cc2ccc(C)c(C)c2)cc1C.Cc1ccc2c3ccc(C)c4c(C)ccc(c5ccc(C)c1c25)c43. The van der Waals surface area contributed by atoms with E-state index in [4.69, 9.17) is 0 Å². The summed E-state index contributed by atoms with van der Waals surface area (Å²) < 4.78 is 103. The van der Waals surface area contributed by atoms with E-state index < -0.39 is 38.4 Å². The number of sulfone groups is 1. The molecule has 12 aromatic rings. The van der Waals surface area contributed by atoms with Crippen molar-refractivity contribution >= 4 is 86.1 Å². The average molecular weight is 1510 g/mol. The second kappa shape index (κ2) is 37.1. The van der Waals surface area contributed by atoms with E-state index in [2.05, 4.69) is 237 Å². The fourth-order valence-electron chi connectivity index (χ4n) is 12.9. The second-order valence-electron chi connectivity index (χ2n) is 29.9. The van der Waals surface area contributed by atoms with Crippen LogP contribution in [0, 0.1) is 144 Å². The smallest absolute Gasteiger partial charge is 0.388 e. The Labute approximate surface area is 641 Å². The van der Waals surface area contributed by atoms with Gasteiger partial charge in [0, 0.05) is 72.3 Å². The van der Waals surface area contributed by atoms with E-state index in [9.17, 15) is 48.6 Å². The van der Waals surface area contributed by atoms with E-state index in [1.807, 2.05) is 52.0 Å². The summed E-state index contributed by atoms with van der Waals surface area (Å²) in [6, 6.07) is 52.5. The third-order valence-electron chi connectivity index (χ3n) is 20.1. The van der Waals surface area contributed by atoms with E-state index >= 15 is 0 Å². The van der Waals surface area contributed by atoms with Gasteiger partial charge in [0.2, 0.25) is 0 Å². The summed E-state index contributed by atoms with van der Waals surface area (Å²) in [5.74, 6) is -0.0819. The van der Waals surface area contributed by atoms with Crippen LogP contribution in [0.3, 0.4) is 0 Å². The number of hydrogen-bond donors (Lipinski definition) is 0. The molecule has 0 radical (unpaired) electrons. The maximum atomic E-state index is 12.6. The van der Waals surface area contributed by atoms with Crippen LogP contribution in [0.2, 0.25) is 0 Å². The number of fused-ring (bicyclic) bond motifs is 5. The minimum atomic E-state index is -5.24. The molecule has 0 unspecified atom stereocenters. The Morgan fingerprint density at radius 1 is 0.306 bits per heavy atom. The van der Waals surface area contributed by atoms with Crippen LogP contribution in [-0.2, 0) is 31.8 Å². The number of halogens is 6. The molecule has 0 saturated carbocycles. The van der Waals surface area contributed by atoms with Gasteiger partial charge in [-0.1, -0.05) is 121 Å². The topological polar surface area (TPSA) is 94.6 Å². The zero-order chi connectivity index (χ0) is 81.9. The van der Waals surface area contributed by atoms with E-state index in [0.717, 1.165) is 41.2 Å². The number of alkyl halides is 6. The number of benzene rings is 12. The van der Waals surface area contributed by atoms with Crippen LogP contribution in [0.1, 0.15) is 168 Å². The van der Waals surface area contributed by atoms with Gasteiger partial charge in [-0.2, -0.15) is 26.3 Å². The summed E-state index contributed by atoms with van der Waals surface area (Å²) in [5, 5.41) is 14.1. The highest BCUT2D eigenvalue weighted by Crippen LogP contribution is 2.49. The van der Waals surface area contributed by atoms with Gasteiger partial charge in [-0.15, -0.1) is 0 Å². The Morgan fingerprint density at radius 3 is 0.657 bits per heavy atom. The Balaban J connectivity index is 0.000000230. The number of carbonyl (C=O) groups excluding carboxylic acids is 2. The van der Waals surface area contributed by atoms with Gasteiger partial charge in [-0.05, 0) is 359 Å². The maximum absolute atomic E-state index is 12.6. The molecule has 0 N–H and O–H groups in total. The predicted octanol–water partition coefficient (Wildman–Crippen LogP) is 25.2. The van der Waals surface area contributed by atoms with Crippen LogP contribution in [0.5, 0.6) is 0 Å². The van der Waals surface area contributed by atoms with Gasteiger partial charge in [-0.25, -0.2) is 8.42 Å². The Kier molecular flexibility index (Phi) is 30.8. The van der Waals surface area contributed by atoms with Crippen molar-refractivity contribution in [2.24, 2.45) is 5.41 Å². The first-order valence-electron chi connectivity index (χ1n) is 35.9. The molecular formula is C94H110F6O6S2. The molecule has 0 atom stereocenters. The molecule has 14 heteroatoms. The van der Waals surface area contributed by atoms with Crippen LogP contribution in [0.15, 0.2) is 146 Å². The lowest BCUT2D eigenvalue weighted by molar-refractivity contribution is -0.327. The maximum Gasteiger partial charge on any atom is 0.402 e. The van der Waals surface area contributed by atoms with Crippen LogP contribution in [-0.4, -0.2) is 75.8 Å². The quantitative estimate of drug-likeness (QED) is 0.0972. The highest BCUT2D eigenvalue weighted by atomic mass is 32.2. The minimum absolute atomic E-state index is 0.0409. The summed E-state index contributed by atoms with van der Waals surface area (Å²) in [4.78, 5) is 25.3. The Morgan fingerprint density at radius 2 is 0.472 bits per heavy atom. The van der Waals surface area contributed by atoms with Gasteiger partial charge in [0.05, 0.1) is 0 Å². The van der Waals surface area contributed by atoms with Crippen molar-refractivity contribution in [1.82, 2.24) is 0 Å². The summed E-state index contributed by atoms with van der Waals surface area (Å²) in [5.41, 5.74) is 27.5. The van der Waals surface area contributed by atoms with E-state index in [1.165, 1.54) is 154 Å². The predicted molar refractivity (Wildman–Crippen MR) is 448 cm³/mol. The minimum Gasteiger partial charge on any atom is -0.388 e. The van der Waals surface area contributed by atoms with Crippen LogP contribution < -0.4 is 0 Å². The third-order valence-corrected chi connectivity index (χ3v) is 20.1. The lowest BCUT2D eigenvalue weighted by Gasteiger charge is -2.29. The summed E-state index contributed by atoms with van der Waals surface area (Å²) >= 11 is 0. The Bertz CT molecular complexity index is 4880. The Hall–Kier alpha value is -8.82.